The van der Waals surface area contributed by atoms with Crippen LogP contribution in [0.25, 0.3) is 0 Å². The molecule has 5 amide bonds. The van der Waals surface area contributed by atoms with Crippen LogP contribution in [-0.4, -0.2) is 58.4 Å². The molecule has 3 rings (SSSR count). The lowest BCUT2D eigenvalue weighted by atomic mass is 10.2. The number of hydrogen-bond acceptors (Lipinski definition) is 5. The van der Waals surface area contributed by atoms with Gasteiger partial charge in [-0.05, 0) is 24.5 Å². The van der Waals surface area contributed by atoms with Crippen molar-refractivity contribution in [2.24, 2.45) is 5.92 Å². The Hall–Kier alpha value is -2.35. The Morgan fingerprint density at radius 1 is 1.15 bits per heavy atom. The van der Waals surface area contributed by atoms with E-state index in [9.17, 15) is 19.2 Å². The molecular weight excluding hydrogens is 366 g/mol. The second-order valence-corrected chi connectivity index (χ2v) is 8.69. The van der Waals surface area contributed by atoms with E-state index in [2.05, 4.69) is 6.92 Å². The van der Waals surface area contributed by atoms with Gasteiger partial charge in [-0.15, -0.1) is 11.8 Å². The first-order chi connectivity index (χ1) is 12.8. The molecule has 0 bridgehead atoms. The average Bonchev–Trinajstić information content (AvgIpc) is 2.77. The molecule has 1 aromatic rings. The number of carbonyl (C=O) groups is 4. The van der Waals surface area contributed by atoms with Gasteiger partial charge in [-0.1, -0.05) is 32.9 Å². The number of hydrogen-bond donors (Lipinski definition) is 0. The topological polar surface area (TPSA) is 78.0 Å². The summed E-state index contributed by atoms with van der Waals surface area (Å²) in [5, 5.41) is 0.349. The number of nitrogens with zero attached hydrogens (tertiary/aromatic N) is 3. The fourth-order valence-corrected chi connectivity index (χ4v) is 4.30. The molecule has 1 saturated heterocycles. The van der Waals surface area contributed by atoms with Crippen LogP contribution in [0.15, 0.2) is 29.2 Å². The van der Waals surface area contributed by atoms with Crippen LogP contribution in [0.2, 0.25) is 0 Å². The molecule has 0 N–H and O–H groups in total. The molecule has 2 heterocycles. The number of anilines is 1. The standard InChI is InChI=1S/C19H23N3O4S/c1-12(2)10-21-17(24)18(25)22(19(21)26)11-16(23)20-9-8-13(3)27-15-7-5-4-6-14(15)20/h4-7,12-13H,8-11H2,1-3H3/t13-/m1/s1. The van der Waals surface area contributed by atoms with Crippen molar-refractivity contribution in [2.75, 3.05) is 24.5 Å². The van der Waals surface area contributed by atoms with Gasteiger partial charge in [-0.25, -0.2) is 9.69 Å². The van der Waals surface area contributed by atoms with E-state index in [0.717, 1.165) is 26.8 Å². The van der Waals surface area contributed by atoms with E-state index >= 15 is 0 Å². The van der Waals surface area contributed by atoms with Crippen molar-refractivity contribution in [2.45, 2.75) is 37.3 Å². The molecular formula is C19H23N3O4S. The van der Waals surface area contributed by atoms with E-state index in [1.54, 1.807) is 16.7 Å². The minimum absolute atomic E-state index is 0.0392. The molecule has 0 aliphatic carbocycles. The third-order valence-corrected chi connectivity index (χ3v) is 5.76. The quantitative estimate of drug-likeness (QED) is 0.583. The van der Waals surface area contributed by atoms with Gasteiger partial charge in [0.2, 0.25) is 5.91 Å². The van der Waals surface area contributed by atoms with Gasteiger partial charge in [-0.3, -0.25) is 19.3 Å². The van der Waals surface area contributed by atoms with Crippen LogP contribution in [0.4, 0.5) is 10.5 Å². The summed E-state index contributed by atoms with van der Waals surface area (Å²) in [4.78, 5) is 54.0. The first-order valence-corrected chi connectivity index (χ1v) is 9.91. The lowest BCUT2D eigenvalue weighted by molar-refractivity contribution is -0.144. The molecule has 8 heteroatoms. The highest BCUT2D eigenvalue weighted by molar-refractivity contribution is 8.00. The Morgan fingerprint density at radius 2 is 1.81 bits per heavy atom. The summed E-state index contributed by atoms with van der Waals surface area (Å²) in [6.07, 6.45) is 0.797. The Bertz CT molecular complexity index is 795. The molecule has 27 heavy (non-hydrogen) atoms. The van der Waals surface area contributed by atoms with Gasteiger partial charge in [0.1, 0.15) is 6.54 Å². The molecule has 1 fully saturated rings. The maximum atomic E-state index is 12.9. The molecule has 2 aliphatic heterocycles. The molecule has 2 aliphatic rings. The zero-order valence-electron chi connectivity index (χ0n) is 15.7. The number of amides is 5. The van der Waals surface area contributed by atoms with Crippen molar-refractivity contribution < 1.29 is 19.2 Å². The van der Waals surface area contributed by atoms with Crippen molar-refractivity contribution in [3.63, 3.8) is 0 Å². The molecule has 0 radical (unpaired) electrons. The largest absolute Gasteiger partial charge is 0.334 e. The monoisotopic (exact) mass is 389 g/mol. The lowest BCUT2D eigenvalue weighted by Gasteiger charge is -2.24. The van der Waals surface area contributed by atoms with E-state index in [0.29, 0.717) is 11.8 Å². The SMILES string of the molecule is CC(C)CN1C(=O)C(=O)N(CC(=O)N2CC[C@@H](C)Sc3ccccc32)C1=O. The van der Waals surface area contributed by atoms with Gasteiger partial charge in [0, 0.05) is 23.2 Å². The Kier molecular flexibility index (Phi) is 5.55. The highest BCUT2D eigenvalue weighted by Crippen LogP contribution is 2.37. The number of urea groups is 1. The molecule has 1 atom stereocenters. The van der Waals surface area contributed by atoms with E-state index < -0.39 is 24.4 Å². The molecule has 0 saturated carbocycles. The molecule has 0 aromatic heterocycles. The summed E-state index contributed by atoms with van der Waals surface area (Å²) >= 11 is 1.70. The van der Waals surface area contributed by atoms with Gasteiger partial charge >= 0.3 is 17.8 Å². The molecule has 144 valence electrons. The third-order valence-electron chi connectivity index (χ3n) is 4.52. The highest BCUT2D eigenvalue weighted by atomic mass is 32.2. The number of carbonyl (C=O) groups excluding carboxylic acids is 4. The van der Waals surface area contributed by atoms with Crippen molar-refractivity contribution in [3.05, 3.63) is 24.3 Å². The number of para-hydroxylation sites is 1. The van der Waals surface area contributed by atoms with Crippen LogP contribution >= 0.6 is 11.8 Å². The number of fused-ring (bicyclic) bond motifs is 1. The minimum Gasteiger partial charge on any atom is -0.310 e. The minimum atomic E-state index is -0.931. The van der Waals surface area contributed by atoms with Crippen molar-refractivity contribution in [3.8, 4) is 0 Å². The van der Waals surface area contributed by atoms with Crippen molar-refractivity contribution in [1.82, 2.24) is 9.80 Å². The Morgan fingerprint density at radius 3 is 2.52 bits per heavy atom. The van der Waals surface area contributed by atoms with Gasteiger partial charge in [0.25, 0.3) is 0 Å². The summed E-state index contributed by atoms with van der Waals surface area (Å²) in [7, 11) is 0. The molecule has 0 spiro atoms. The predicted molar refractivity (Wildman–Crippen MR) is 102 cm³/mol. The van der Waals surface area contributed by atoms with E-state index in [-0.39, 0.29) is 18.4 Å². The van der Waals surface area contributed by atoms with E-state index in [1.165, 1.54) is 0 Å². The van der Waals surface area contributed by atoms with Crippen molar-refractivity contribution in [1.29, 1.82) is 0 Å². The van der Waals surface area contributed by atoms with Crippen LogP contribution in [0.1, 0.15) is 27.2 Å². The van der Waals surface area contributed by atoms with Gasteiger partial charge in [-0.2, -0.15) is 0 Å². The van der Waals surface area contributed by atoms with Crippen LogP contribution in [0, 0.1) is 5.92 Å². The van der Waals surface area contributed by atoms with Crippen LogP contribution in [0.3, 0.4) is 0 Å². The zero-order valence-corrected chi connectivity index (χ0v) is 16.5. The average molecular weight is 389 g/mol. The third kappa shape index (κ3) is 3.85. The maximum Gasteiger partial charge on any atom is 0.334 e. The normalized spacial score (nSPS) is 20.4. The number of rotatable bonds is 4. The fourth-order valence-electron chi connectivity index (χ4n) is 3.18. The summed E-state index contributed by atoms with van der Waals surface area (Å²) in [6.45, 7) is 6.05. The smallest absolute Gasteiger partial charge is 0.310 e. The molecule has 0 unspecified atom stereocenters. The zero-order chi connectivity index (χ0) is 19.7. The lowest BCUT2D eigenvalue weighted by Crippen LogP contribution is -2.44. The number of benzene rings is 1. The maximum absolute atomic E-state index is 12.9. The van der Waals surface area contributed by atoms with Crippen LogP contribution < -0.4 is 4.90 Å². The van der Waals surface area contributed by atoms with Crippen molar-refractivity contribution >= 4 is 41.2 Å². The van der Waals surface area contributed by atoms with Gasteiger partial charge in [0.05, 0.1) is 5.69 Å². The second kappa shape index (κ2) is 7.72. The number of thioether (sulfide) groups is 1. The summed E-state index contributed by atoms with van der Waals surface area (Å²) in [5.41, 5.74) is 0.779. The summed E-state index contributed by atoms with van der Waals surface area (Å²) in [6, 6.07) is 6.89. The first kappa shape index (κ1) is 19.4. The van der Waals surface area contributed by atoms with E-state index in [4.69, 9.17) is 0 Å². The summed E-state index contributed by atoms with van der Waals surface area (Å²) in [5.74, 6) is -2.11. The Balaban J connectivity index is 1.80. The fraction of sp³-hybridized carbons (Fsp3) is 0.474. The van der Waals surface area contributed by atoms with Gasteiger partial charge in [0.15, 0.2) is 0 Å². The van der Waals surface area contributed by atoms with E-state index in [1.807, 2.05) is 38.1 Å². The molecule has 7 nitrogen and oxygen atoms in total. The second-order valence-electron chi connectivity index (χ2n) is 7.21. The van der Waals surface area contributed by atoms with Gasteiger partial charge < -0.3 is 4.90 Å². The number of imide groups is 2. The highest BCUT2D eigenvalue weighted by Gasteiger charge is 2.45. The predicted octanol–water partition coefficient (Wildman–Crippen LogP) is 2.35. The van der Waals surface area contributed by atoms with Crippen LogP contribution in [-0.2, 0) is 14.4 Å². The summed E-state index contributed by atoms with van der Waals surface area (Å²) < 4.78 is 0. The first-order valence-electron chi connectivity index (χ1n) is 9.03. The Labute approximate surface area is 162 Å². The molecule has 1 aromatic carbocycles. The van der Waals surface area contributed by atoms with Crippen LogP contribution in [0.5, 0.6) is 0 Å².